The zero-order chi connectivity index (χ0) is 15.0. The van der Waals surface area contributed by atoms with E-state index in [9.17, 15) is 9.59 Å². The van der Waals surface area contributed by atoms with Crippen molar-refractivity contribution < 1.29 is 9.59 Å². The van der Waals surface area contributed by atoms with Crippen LogP contribution in [0.4, 0.5) is 5.69 Å². The summed E-state index contributed by atoms with van der Waals surface area (Å²) in [7, 11) is 0. The Kier molecular flexibility index (Phi) is 3.59. The minimum atomic E-state index is -0.104. The van der Waals surface area contributed by atoms with Gasteiger partial charge in [0.25, 0.3) is 0 Å². The van der Waals surface area contributed by atoms with Crippen molar-refractivity contribution in [2.24, 2.45) is 0 Å². The molecule has 3 rings (SSSR count). The fraction of sp³-hybridized carbons (Fsp3) is 0.188. The first-order valence-corrected chi connectivity index (χ1v) is 7.42. The third-order valence-corrected chi connectivity index (χ3v) is 4.27. The molecule has 2 aromatic rings. The van der Waals surface area contributed by atoms with Gasteiger partial charge in [0.2, 0.25) is 5.91 Å². The number of aromatic nitrogens is 1. The lowest BCUT2D eigenvalue weighted by atomic mass is 10.0. The molecular formula is C16H13BrN2O2. The van der Waals surface area contributed by atoms with Gasteiger partial charge in [-0.15, -0.1) is 0 Å². The maximum absolute atomic E-state index is 12.6. The lowest BCUT2D eigenvalue weighted by molar-refractivity contribution is -0.116. The van der Waals surface area contributed by atoms with E-state index in [2.05, 4.69) is 20.9 Å². The summed E-state index contributed by atoms with van der Waals surface area (Å²) in [5, 5.41) is 0. The average Bonchev–Trinajstić information content (AvgIpc) is 2.89. The first-order chi connectivity index (χ1) is 10.1. The summed E-state index contributed by atoms with van der Waals surface area (Å²) >= 11 is 3.46. The van der Waals surface area contributed by atoms with Crippen molar-refractivity contribution in [3.63, 3.8) is 0 Å². The van der Waals surface area contributed by atoms with E-state index in [1.165, 1.54) is 0 Å². The topological polar surface area (TPSA) is 50.3 Å². The Bertz CT molecular complexity index is 729. The average molecular weight is 345 g/mol. The third-order valence-electron chi connectivity index (χ3n) is 3.61. The molecule has 1 amide bonds. The van der Waals surface area contributed by atoms with Crippen LogP contribution in [0.1, 0.15) is 28.4 Å². The molecule has 0 spiro atoms. The van der Waals surface area contributed by atoms with Crippen LogP contribution in [-0.4, -0.2) is 23.2 Å². The summed E-state index contributed by atoms with van der Waals surface area (Å²) in [6.45, 7) is 2.21. The highest BCUT2D eigenvalue weighted by molar-refractivity contribution is 9.10. The van der Waals surface area contributed by atoms with E-state index in [4.69, 9.17) is 0 Å². The molecule has 0 bridgehead atoms. The number of pyridine rings is 1. The van der Waals surface area contributed by atoms with Gasteiger partial charge in [0.15, 0.2) is 5.78 Å². The lowest BCUT2D eigenvalue weighted by Gasteiger charge is -2.16. The molecule has 0 saturated carbocycles. The largest absolute Gasteiger partial charge is 0.312 e. The number of carbonyl (C=O) groups excluding carboxylic acids is 2. The van der Waals surface area contributed by atoms with Gasteiger partial charge in [-0.1, -0.05) is 15.9 Å². The highest BCUT2D eigenvalue weighted by atomic mass is 79.9. The normalized spacial score (nSPS) is 13.1. The third kappa shape index (κ3) is 2.49. The van der Waals surface area contributed by atoms with Crippen LogP contribution in [-0.2, 0) is 11.2 Å². The molecular weight excluding hydrogens is 332 g/mol. The van der Waals surface area contributed by atoms with Crippen LogP contribution >= 0.6 is 15.9 Å². The Balaban J connectivity index is 2.07. The fourth-order valence-corrected chi connectivity index (χ4v) is 3.13. The van der Waals surface area contributed by atoms with Crippen LogP contribution in [0.25, 0.3) is 0 Å². The number of fused-ring (bicyclic) bond motifs is 1. The summed E-state index contributed by atoms with van der Waals surface area (Å²) in [4.78, 5) is 29.9. The first-order valence-electron chi connectivity index (χ1n) is 6.63. The van der Waals surface area contributed by atoms with Crippen LogP contribution in [0.5, 0.6) is 0 Å². The molecule has 21 heavy (non-hydrogen) atoms. The minimum absolute atomic E-state index is 0.00384. The lowest BCUT2D eigenvalue weighted by Crippen LogP contribution is -2.25. The smallest absolute Gasteiger partial charge is 0.223 e. The van der Waals surface area contributed by atoms with Gasteiger partial charge in [-0.05, 0) is 36.2 Å². The highest BCUT2D eigenvalue weighted by Gasteiger charge is 2.25. The number of nitrogens with zero attached hydrogens (tertiary/aromatic N) is 2. The molecule has 0 N–H and O–H groups in total. The van der Waals surface area contributed by atoms with Gasteiger partial charge in [0.1, 0.15) is 0 Å². The molecule has 0 fully saturated rings. The Morgan fingerprint density at radius 1 is 1.33 bits per heavy atom. The second-order valence-electron chi connectivity index (χ2n) is 4.95. The molecule has 0 saturated heterocycles. The SMILES string of the molecule is CC(=O)N1CCc2cc(Br)c(C(=O)c3cccnc3)cc21. The van der Waals surface area contributed by atoms with Crippen LogP contribution in [0.2, 0.25) is 0 Å². The van der Waals surface area contributed by atoms with Gasteiger partial charge in [0.05, 0.1) is 0 Å². The molecule has 2 heterocycles. The predicted molar refractivity (Wildman–Crippen MR) is 83.5 cm³/mol. The molecule has 5 heteroatoms. The maximum atomic E-state index is 12.6. The minimum Gasteiger partial charge on any atom is -0.312 e. The number of halogens is 1. The summed E-state index contributed by atoms with van der Waals surface area (Å²) in [5.74, 6) is -0.107. The van der Waals surface area contributed by atoms with E-state index < -0.39 is 0 Å². The van der Waals surface area contributed by atoms with E-state index in [1.54, 1.807) is 42.4 Å². The fourth-order valence-electron chi connectivity index (χ4n) is 2.56. The molecule has 4 nitrogen and oxygen atoms in total. The van der Waals surface area contributed by atoms with Crippen LogP contribution < -0.4 is 4.90 Å². The number of carbonyl (C=O) groups is 2. The van der Waals surface area contributed by atoms with Crippen molar-refractivity contribution in [2.75, 3.05) is 11.4 Å². The van der Waals surface area contributed by atoms with E-state index in [-0.39, 0.29) is 11.7 Å². The van der Waals surface area contributed by atoms with Crippen LogP contribution in [0, 0.1) is 0 Å². The van der Waals surface area contributed by atoms with E-state index in [0.29, 0.717) is 17.7 Å². The van der Waals surface area contributed by atoms with Gasteiger partial charge < -0.3 is 4.90 Å². The Labute approximate surface area is 130 Å². The second kappa shape index (κ2) is 5.41. The Hall–Kier alpha value is -2.01. The summed E-state index contributed by atoms with van der Waals surface area (Å²) < 4.78 is 0.750. The summed E-state index contributed by atoms with van der Waals surface area (Å²) in [6.07, 6.45) is 3.99. The number of benzene rings is 1. The second-order valence-corrected chi connectivity index (χ2v) is 5.81. The highest BCUT2D eigenvalue weighted by Crippen LogP contribution is 2.34. The van der Waals surface area contributed by atoms with Gasteiger partial charge in [-0.2, -0.15) is 0 Å². The number of amides is 1. The maximum Gasteiger partial charge on any atom is 0.223 e. The summed E-state index contributed by atoms with van der Waals surface area (Å²) in [6, 6.07) is 7.19. The summed E-state index contributed by atoms with van der Waals surface area (Å²) in [5.41, 5.74) is 3.00. The Morgan fingerprint density at radius 3 is 2.81 bits per heavy atom. The van der Waals surface area contributed by atoms with Crippen LogP contribution in [0.3, 0.4) is 0 Å². The van der Waals surface area contributed by atoms with E-state index >= 15 is 0 Å². The number of hydrogen-bond acceptors (Lipinski definition) is 3. The number of rotatable bonds is 2. The number of hydrogen-bond donors (Lipinski definition) is 0. The number of anilines is 1. The Morgan fingerprint density at radius 2 is 2.14 bits per heavy atom. The van der Waals surface area contributed by atoms with Crippen molar-refractivity contribution in [1.29, 1.82) is 0 Å². The van der Waals surface area contributed by atoms with Crippen molar-refractivity contribution in [1.82, 2.24) is 4.98 Å². The predicted octanol–water partition coefficient (Wildman–Crippen LogP) is 2.98. The molecule has 1 aromatic heterocycles. The van der Waals surface area contributed by atoms with Crippen LogP contribution in [0.15, 0.2) is 41.1 Å². The van der Waals surface area contributed by atoms with Crippen molar-refractivity contribution in [2.45, 2.75) is 13.3 Å². The first kappa shape index (κ1) is 13.9. The van der Waals surface area contributed by atoms with Crippen molar-refractivity contribution >= 4 is 33.3 Å². The zero-order valence-corrected chi connectivity index (χ0v) is 13.1. The standard InChI is InChI=1S/C16H13BrN2O2/c1-10(20)19-6-4-11-7-14(17)13(8-15(11)19)16(21)12-3-2-5-18-9-12/h2-3,5,7-9H,4,6H2,1H3. The van der Waals surface area contributed by atoms with Gasteiger partial charge >= 0.3 is 0 Å². The zero-order valence-electron chi connectivity index (χ0n) is 11.5. The van der Waals surface area contributed by atoms with E-state index in [1.807, 2.05) is 6.07 Å². The molecule has 0 atom stereocenters. The van der Waals surface area contributed by atoms with Gasteiger partial charge in [-0.3, -0.25) is 14.6 Å². The molecule has 106 valence electrons. The molecule has 0 radical (unpaired) electrons. The molecule has 0 aliphatic carbocycles. The number of ketones is 1. The van der Waals surface area contributed by atoms with E-state index in [0.717, 1.165) is 22.1 Å². The monoisotopic (exact) mass is 344 g/mol. The molecule has 1 aromatic carbocycles. The van der Waals surface area contributed by atoms with Gasteiger partial charge in [0, 0.05) is 47.1 Å². The van der Waals surface area contributed by atoms with Crippen molar-refractivity contribution in [3.8, 4) is 0 Å². The molecule has 1 aliphatic rings. The van der Waals surface area contributed by atoms with Crippen molar-refractivity contribution in [3.05, 3.63) is 57.8 Å². The quantitative estimate of drug-likeness (QED) is 0.787. The van der Waals surface area contributed by atoms with Gasteiger partial charge in [-0.25, -0.2) is 0 Å². The molecule has 0 unspecified atom stereocenters. The molecule has 1 aliphatic heterocycles.